The summed E-state index contributed by atoms with van der Waals surface area (Å²) in [6, 6.07) is 5.83. The molecule has 2 amide bonds. The summed E-state index contributed by atoms with van der Waals surface area (Å²) >= 11 is 0. The molecule has 0 unspecified atom stereocenters. The van der Waals surface area contributed by atoms with Crippen LogP contribution in [0.1, 0.15) is 39.2 Å². The van der Waals surface area contributed by atoms with Gasteiger partial charge in [-0.3, -0.25) is 9.59 Å². The quantitative estimate of drug-likeness (QED) is 0.903. The minimum atomic E-state index is -0.345. The van der Waals surface area contributed by atoms with E-state index in [0.29, 0.717) is 12.3 Å². The van der Waals surface area contributed by atoms with E-state index in [1.165, 1.54) is 0 Å². The number of rotatable bonds is 4. The molecule has 2 N–H and O–H groups in total. The lowest BCUT2D eigenvalue weighted by Gasteiger charge is -2.36. The van der Waals surface area contributed by atoms with Gasteiger partial charge in [0.2, 0.25) is 5.91 Å². The third-order valence-corrected chi connectivity index (χ3v) is 5.01. The van der Waals surface area contributed by atoms with Crippen LogP contribution in [0.5, 0.6) is 11.5 Å². The Kier molecular flexibility index (Phi) is 4.62. The predicted molar refractivity (Wildman–Crippen MR) is 93.4 cm³/mol. The molecule has 136 valence electrons. The average Bonchev–Trinajstić information content (AvgIpc) is 2.87. The van der Waals surface area contributed by atoms with Crippen LogP contribution in [0.4, 0.5) is 0 Å². The summed E-state index contributed by atoms with van der Waals surface area (Å²) in [5.41, 5.74) is 6.23. The van der Waals surface area contributed by atoms with E-state index in [4.69, 9.17) is 15.2 Å². The van der Waals surface area contributed by atoms with Gasteiger partial charge in [-0.05, 0) is 39.7 Å². The van der Waals surface area contributed by atoms with Crippen molar-refractivity contribution in [1.82, 2.24) is 4.90 Å². The van der Waals surface area contributed by atoms with Gasteiger partial charge in [-0.15, -0.1) is 0 Å². The molecule has 2 atom stereocenters. The van der Waals surface area contributed by atoms with Crippen LogP contribution in [-0.2, 0) is 16.0 Å². The minimum absolute atomic E-state index is 0.0733. The molecule has 1 aromatic rings. The number of carbonyl (C=O) groups excluding carboxylic acids is 2. The summed E-state index contributed by atoms with van der Waals surface area (Å²) in [6.45, 7) is 6.34. The summed E-state index contributed by atoms with van der Waals surface area (Å²) in [5, 5.41) is 0. The van der Waals surface area contributed by atoms with Crippen molar-refractivity contribution < 1.29 is 19.1 Å². The SMILES string of the molecule is C[C@@H]1CC[C@@H](C(N)=O)CN1C(=O)COc1cccc2c1OC(C)(C)C2. The van der Waals surface area contributed by atoms with Crippen LogP contribution in [0.2, 0.25) is 0 Å². The molecule has 1 aromatic carbocycles. The summed E-state index contributed by atoms with van der Waals surface area (Å²) in [6.07, 6.45) is 2.32. The Balaban J connectivity index is 1.65. The van der Waals surface area contributed by atoms with Crippen molar-refractivity contribution in [2.24, 2.45) is 11.7 Å². The van der Waals surface area contributed by atoms with Crippen LogP contribution in [0.25, 0.3) is 0 Å². The number of ether oxygens (including phenoxy) is 2. The highest BCUT2D eigenvalue weighted by Gasteiger charge is 2.34. The number of hydrogen-bond acceptors (Lipinski definition) is 4. The van der Waals surface area contributed by atoms with E-state index in [2.05, 4.69) is 0 Å². The van der Waals surface area contributed by atoms with Crippen LogP contribution < -0.4 is 15.2 Å². The lowest BCUT2D eigenvalue weighted by Crippen LogP contribution is -2.50. The fourth-order valence-electron chi connectivity index (χ4n) is 3.61. The summed E-state index contributed by atoms with van der Waals surface area (Å²) in [4.78, 5) is 25.7. The molecule has 3 rings (SSSR count). The standard InChI is InChI=1S/C19H26N2O4/c1-12-7-8-14(18(20)23)10-21(12)16(22)11-24-15-6-4-5-13-9-19(2,3)25-17(13)15/h4-6,12,14H,7-11H2,1-3H3,(H2,20,23)/t12-,14-/m1/s1. The molecular formula is C19H26N2O4. The van der Waals surface area contributed by atoms with Gasteiger partial charge < -0.3 is 20.1 Å². The van der Waals surface area contributed by atoms with Gasteiger partial charge in [-0.1, -0.05) is 12.1 Å². The number of fused-ring (bicyclic) bond motifs is 1. The van der Waals surface area contributed by atoms with Crippen LogP contribution in [0.3, 0.4) is 0 Å². The average molecular weight is 346 g/mol. The lowest BCUT2D eigenvalue weighted by molar-refractivity contribution is -0.139. The second kappa shape index (κ2) is 6.58. The molecule has 6 nitrogen and oxygen atoms in total. The highest BCUT2D eigenvalue weighted by molar-refractivity contribution is 5.81. The number of nitrogens with zero attached hydrogens (tertiary/aromatic N) is 1. The number of primary amides is 1. The summed E-state index contributed by atoms with van der Waals surface area (Å²) in [5.74, 6) is 0.565. The monoisotopic (exact) mass is 346 g/mol. The Morgan fingerprint density at radius 1 is 1.36 bits per heavy atom. The normalized spacial score (nSPS) is 24.4. The summed E-state index contributed by atoms with van der Waals surface area (Å²) in [7, 11) is 0. The zero-order valence-corrected chi connectivity index (χ0v) is 15.1. The number of benzene rings is 1. The molecule has 2 aliphatic rings. The maximum absolute atomic E-state index is 12.6. The molecule has 6 heteroatoms. The number of para-hydroxylation sites is 1. The molecule has 0 spiro atoms. The van der Waals surface area contributed by atoms with E-state index in [9.17, 15) is 9.59 Å². The molecule has 25 heavy (non-hydrogen) atoms. The van der Waals surface area contributed by atoms with Gasteiger partial charge >= 0.3 is 0 Å². The Bertz CT molecular complexity index is 686. The molecule has 1 fully saturated rings. The first-order valence-corrected chi connectivity index (χ1v) is 8.79. The zero-order chi connectivity index (χ0) is 18.2. The number of amides is 2. The largest absolute Gasteiger partial charge is 0.483 e. The van der Waals surface area contributed by atoms with E-state index in [1.807, 2.05) is 39.0 Å². The first kappa shape index (κ1) is 17.6. The fourth-order valence-corrected chi connectivity index (χ4v) is 3.61. The number of piperidine rings is 1. The Morgan fingerprint density at radius 3 is 2.84 bits per heavy atom. The van der Waals surface area contributed by atoms with E-state index in [1.54, 1.807) is 4.90 Å². The topological polar surface area (TPSA) is 81.9 Å². The van der Waals surface area contributed by atoms with Crippen molar-refractivity contribution in [3.05, 3.63) is 23.8 Å². The molecule has 2 heterocycles. The summed E-state index contributed by atoms with van der Waals surface area (Å²) < 4.78 is 11.7. The van der Waals surface area contributed by atoms with Crippen molar-refractivity contribution in [3.63, 3.8) is 0 Å². The predicted octanol–water partition coefficient (Wildman–Crippen LogP) is 1.89. The first-order valence-electron chi connectivity index (χ1n) is 8.79. The maximum Gasteiger partial charge on any atom is 0.260 e. The smallest absolute Gasteiger partial charge is 0.260 e. The van der Waals surface area contributed by atoms with Crippen molar-refractivity contribution in [2.75, 3.05) is 13.2 Å². The first-order chi connectivity index (χ1) is 11.8. The Labute approximate surface area is 148 Å². The van der Waals surface area contributed by atoms with Crippen LogP contribution in [0, 0.1) is 5.92 Å². The molecule has 0 aliphatic carbocycles. The van der Waals surface area contributed by atoms with Gasteiger partial charge in [-0.25, -0.2) is 0 Å². The molecule has 2 aliphatic heterocycles. The van der Waals surface area contributed by atoms with E-state index in [-0.39, 0.29) is 36.0 Å². The molecule has 0 radical (unpaired) electrons. The van der Waals surface area contributed by atoms with Crippen molar-refractivity contribution in [2.45, 2.75) is 51.7 Å². The van der Waals surface area contributed by atoms with E-state index < -0.39 is 0 Å². The number of hydrogen-bond donors (Lipinski definition) is 1. The van der Waals surface area contributed by atoms with Gasteiger partial charge in [0.15, 0.2) is 18.1 Å². The van der Waals surface area contributed by atoms with Gasteiger partial charge in [0.05, 0.1) is 5.92 Å². The number of nitrogens with two attached hydrogens (primary N) is 1. The van der Waals surface area contributed by atoms with E-state index in [0.717, 1.165) is 30.6 Å². The van der Waals surface area contributed by atoms with Crippen molar-refractivity contribution >= 4 is 11.8 Å². The third-order valence-electron chi connectivity index (χ3n) is 5.01. The highest BCUT2D eigenvalue weighted by Crippen LogP contribution is 2.41. The molecule has 0 saturated carbocycles. The minimum Gasteiger partial charge on any atom is -0.483 e. The molecule has 0 aromatic heterocycles. The van der Waals surface area contributed by atoms with Gasteiger partial charge in [0.1, 0.15) is 5.60 Å². The zero-order valence-electron chi connectivity index (χ0n) is 15.1. The van der Waals surface area contributed by atoms with Crippen molar-refractivity contribution in [3.8, 4) is 11.5 Å². The molecular weight excluding hydrogens is 320 g/mol. The maximum atomic E-state index is 12.6. The third kappa shape index (κ3) is 3.72. The molecule has 0 bridgehead atoms. The number of likely N-dealkylation sites (tertiary alicyclic amines) is 1. The van der Waals surface area contributed by atoms with Crippen LogP contribution in [0.15, 0.2) is 18.2 Å². The highest BCUT2D eigenvalue weighted by atomic mass is 16.5. The Hall–Kier alpha value is -2.24. The van der Waals surface area contributed by atoms with Crippen LogP contribution in [-0.4, -0.2) is 41.5 Å². The second-order valence-electron chi connectivity index (χ2n) is 7.64. The lowest BCUT2D eigenvalue weighted by atomic mass is 9.93. The van der Waals surface area contributed by atoms with E-state index >= 15 is 0 Å². The van der Waals surface area contributed by atoms with Crippen molar-refractivity contribution in [1.29, 1.82) is 0 Å². The van der Waals surface area contributed by atoms with Crippen LogP contribution >= 0.6 is 0 Å². The van der Waals surface area contributed by atoms with Gasteiger partial charge in [-0.2, -0.15) is 0 Å². The number of carbonyl (C=O) groups is 2. The fraction of sp³-hybridized carbons (Fsp3) is 0.579. The molecule has 1 saturated heterocycles. The van der Waals surface area contributed by atoms with Gasteiger partial charge in [0, 0.05) is 24.6 Å². The Morgan fingerprint density at radius 2 is 2.12 bits per heavy atom. The van der Waals surface area contributed by atoms with Gasteiger partial charge in [0.25, 0.3) is 5.91 Å². The second-order valence-corrected chi connectivity index (χ2v) is 7.64.